The lowest BCUT2D eigenvalue weighted by Gasteiger charge is -2.14. The SMILES string of the molecule is O=C(NC1CCCCCC1)c1nc(-c2c[nH]c3ccccc23)no1. The number of amides is 1. The number of H-pyrrole nitrogens is 1. The van der Waals surface area contributed by atoms with Crippen LogP contribution in [0.5, 0.6) is 0 Å². The standard InChI is InChI=1S/C18H20N4O2/c23-17(20-12-7-3-1-2-4-8-12)18-21-16(22-24-18)14-11-19-15-10-6-5-9-13(14)15/h5-6,9-12,19H,1-4,7-8H2,(H,20,23). The van der Waals surface area contributed by atoms with Gasteiger partial charge in [0.15, 0.2) is 0 Å². The van der Waals surface area contributed by atoms with Gasteiger partial charge in [0, 0.05) is 28.7 Å². The average Bonchev–Trinajstić information content (AvgIpc) is 3.17. The number of nitrogens with zero attached hydrogens (tertiary/aromatic N) is 2. The van der Waals surface area contributed by atoms with Crippen LogP contribution >= 0.6 is 0 Å². The fourth-order valence-corrected chi connectivity index (χ4v) is 3.35. The molecule has 1 fully saturated rings. The summed E-state index contributed by atoms with van der Waals surface area (Å²) in [5.74, 6) is 0.179. The summed E-state index contributed by atoms with van der Waals surface area (Å²) < 4.78 is 5.18. The summed E-state index contributed by atoms with van der Waals surface area (Å²) in [7, 11) is 0. The van der Waals surface area contributed by atoms with Crippen LogP contribution in [0.25, 0.3) is 22.3 Å². The smallest absolute Gasteiger partial charge is 0.316 e. The number of para-hydroxylation sites is 1. The minimum absolute atomic E-state index is 0.0273. The molecular formula is C18H20N4O2. The van der Waals surface area contributed by atoms with E-state index in [0.29, 0.717) is 5.82 Å². The van der Waals surface area contributed by atoms with Crippen molar-refractivity contribution in [3.8, 4) is 11.4 Å². The summed E-state index contributed by atoms with van der Waals surface area (Å²) in [6, 6.07) is 8.11. The number of nitrogens with one attached hydrogen (secondary N) is 2. The third-order valence-electron chi connectivity index (χ3n) is 4.64. The van der Waals surface area contributed by atoms with Gasteiger partial charge in [0.2, 0.25) is 5.82 Å². The summed E-state index contributed by atoms with van der Waals surface area (Å²) in [4.78, 5) is 19.8. The number of rotatable bonds is 3. The Balaban J connectivity index is 1.52. The minimum atomic E-state index is -0.277. The molecule has 0 unspecified atom stereocenters. The van der Waals surface area contributed by atoms with E-state index >= 15 is 0 Å². The highest BCUT2D eigenvalue weighted by Crippen LogP contribution is 2.26. The Morgan fingerprint density at radius 1 is 1.17 bits per heavy atom. The second-order valence-electron chi connectivity index (χ2n) is 6.33. The zero-order valence-electron chi connectivity index (χ0n) is 13.4. The van der Waals surface area contributed by atoms with Crippen LogP contribution in [0.15, 0.2) is 35.0 Å². The van der Waals surface area contributed by atoms with Gasteiger partial charge in [-0.05, 0) is 18.9 Å². The first-order chi connectivity index (χ1) is 11.8. The molecule has 1 saturated carbocycles. The summed E-state index contributed by atoms with van der Waals surface area (Å²) in [5, 5.41) is 8.01. The largest absolute Gasteiger partial charge is 0.360 e. The number of hydrogen-bond acceptors (Lipinski definition) is 4. The monoisotopic (exact) mass is 324 g/mol. The molecule has 24 heavy (non-hydrogen) atoms. The van der Waals surface area contributed by atoms with E-state index in [9.17, 15) is 4.79 Å². The molecule has 0 saturated heterocycles. The van der Waals surface area contributed by atoms with Crippen molar-refractivity contribution in [2.24, 2.45) is 0 Å². The number of carbonyl (C=O) groups excluding carboxylic acids is 1. The van der Waals surface area contributed by atoms with Crippen molar-refractivity contribution in [2.45, 2.75) is 44.6 Å². The van der Waals surface area contributed by atoms with Crippen molar-refractivity contribution in [1.29, 1.82) is 0 Å². The lowest BCUT2D eigenvalue weighted by atomic mass is 10.1. The van der Waals surface area contributed by atoms with E-state index in [-0.39, 0.29) is 17.8 Å². The second kappa shape index (κ2) is 6.47. The number of fused-ring (bicyclic) bond motifs is 1. The van der Waals surface area contributed by atoms with Gasteiger partial charge in [-0.3, -0.25) is 4.79 Å². The Morgan fingerprint density at radius 3 is 2.79 bits per heavy atom. The first-order valence-electron chi connectivity index (χ1n) is 8.52. The highest BCUT2D eigenvalue weighted by molar-refractivity contribution is 5.95. The molecule has 1 aliphatic rings. The lowest BCUT2D eigenvalue weighted by molar-refractivity contribution is 0.0889. The molecule has 4 rings (SSSR count). The van der Waals surface area contributed by atoms with E-state index in [1.54, 1.807) is 0 Å². The van der Waals surface area contributed by atoms with Crippen LogP contribution in [0.2, 0.25) is 0 Å². The predicted molar refractivity (Wildman–Crippen MR) is 90.5 cm³/mol. The Morgan fingerprint density at radius 2 is 1.96 bits per heavy atom. The molecule has 6 heteroatoms. The predicted octanol–water partition coefficient (Wildman–Crippen LogP) is 3.67. The quantitative estimate of drug-likeness (QED) is 0.720. The van der Waals surface area contributed by atoms with Crippen LogP contribution < -0.4 is 5.32 Å². The van der Waals surface area contributed by atoms with Crippen LogP contribution in [-0.4, -0.2) is 27.1 Å². The molecular weight excluding hydrogens is 304 g/mol. The average molecular weight is 324 g/mol. The molecule has 1 aromatic carbocycles. The second-order valence-corrected chi connectivity index (χ2v) is 6.33. The molecule has 1 aliphatic carbocycles. The molecule has 2 N–H and O–H groups in total. The van der Waals surface area contributed by atoms with Crippen molar-refractivity contribution in [2.75, 3.05) is 0 Å². The van der Waals surface area contributed by atoms with Gasteiger partial charge < -0.3 is 14.8 Å². The van der Waals surface area contributed by atoms with E-state index in [0.717, 1.165) is 42.1 Å². The molecule has 2 heterocycles. The van der Waals surface area contributed by atoms with Gasteiger partial charge >= 0.3 is 11.8 Å². The molecule has 0 bridgehead atoms. The molecule has 1 amide bonds. The summed E-state index contributed by atoms with van der Waals surface area (Å²) in [6.45, 7) is 0. The van der Waals surface area contributed by atoms with Crippen molar-refractivity contribution >= 4 is 16.8 Å². The van der Waals surface area contributed by atoms with Crippen molar-refractivity contribution in [3.05, 3.63) is 36.4 Å². The molecule has 6 nitrogen and oxygen atoms in total. The highest BCUT2D eigenvalue weighted by Gasteiger charge is 2.21. The molecule has 0 aliphatic heterocycles. The van der Waals surface area contributed by atoms with E-state index in [4.69, 9.17) is 4.52 Å². The third kappa shape index (κ3) is 2.91. The van der Waals surface area contributed by atoms with Gasteiger partial charge in [-0.1, -0.05) is 49.0 Å². The number of benzene rings is 1. The zero-order chi connectivity index (χ0) is 16.4. The molecule has 124 valence electrons. The van der Waals surface area contributed by atoms with E-state index in [1.807, 2.05) is 30.5 Å². The number of aromatic nitrogens is 3. The normalized spacial score (nSPS) is 16.2. The van der Waals surface area contributed by atoms with Gasteiger partial charge in [-0.15, -0.1) is 0 Å². The van der Waals surface area contributed by atoms with Crippen LogP contribution in [0.3, 0.4) is 0 Å². The van der Waals surface area contributed by atoms with Crippen LogP contribution in [-0.2, 0) is 0 Å². The van der Waals surface area contributed by atoms with E-state index in [2.05, 4.69) is 20.4 Å². The van der Waals surface area contributed by atoms with Crippen LogP contribution in [0.1, 0.15) is 49.2 Å². The molecule has 3 aromatic rings. The maximum Gasteiger partial charge on any atom is 0.316 e. The third-order valence-corrected chi connectivity index (χ3v) is 4.64. The summed E-state index contributed by atoms with van der Waals surface area (Å²) >= 11 is 0. The molecule has 0 spiro atoms. The first-order valence-corrected chi connectivity index (χ1v) is 8.52. The van der Waals surface area contributed by atoms with Crippen LogP contribution in [0, 0.1) is 0 Å². The van der Waals surface area contributed by atoms with Crippen molar-refractivity contribution in [1.82, 2.24) is 20.4 Å². The Labute approximate surface area is 139 Å². The van der Waals surface area contributed by atoms with Gasteiger partial charge in [-0.2, -0.15) is 4.98 Å². The van der Waals surface area contributed by atoms with Gasteiger partial charge in [0.05, 0.1) is 0 Å². The number of aromatic amines is 1. The fraction of sp³-hybridized carbons (Fsp3) is 0.389. The zero-order valence-corrected chi connectivity index (χ0v) is 13.4. The summed E-state index contributed by atoms with van der Waals surface area (Å²) in [6.07, 6.45) is 8.70. The van der Waals surface area contributed by atoms with Crippen molar-refractivity contribution in [3.63, 3.8) is 0 Å². The topological polar surface area (TPSA) is 83.8 Å². The molecule has 2 aromatic heterocycles. The van der Waals surface area contributed by atoms with Gasteiger partial charge in [0.1, 0.15) is 0 Å². The van der Waals surface area contributed by atoms with Crippen LogP contribution in [0.4, 0.5) is 0 Å². The van der Waals surface area contributed by atoms with Crippen molar-refractivity contribution < 1.29 is 9.32 Å². The molecule has 0 radical (unpaired) electrons. The Bertz CT molecular complexity index is 843. The Hall–Kier alpha value is -2.63. The first kappa shape index (κ1) is 14.9. The molecule has 0 atom stereocenters. The van der Waals surface area contributed by atoms with Gasteiger partial charge in [0.25, 0.3) is 0 Å². The number of carbonyl (C=O) groups is 1. The highest BCUT2D eigenvalue weighted by atomic mass is 16.5. The maximum atomic E-state index is 12.4. The minimum Gasteiger partial charge on any atom is -0.360 e. The number of hydrogen-bond donors (Lipinski definition) is 2. The van der Waals surface area contributed by atoms with Gasteiger partial charge in [-0.25, -0.2) is 0 Å². The maximum absolute atomic E-state index is 12.4. The Kier molecular flexibility index (Phi) is 4.02. The lowest BCUT2D eigenvalue weighted by Crippen LogP contribution is -2.34. The van der Waals surface area contributed by atoms with E-state index in [1.165, 1.54) is 12.8 Å². The summed E-state index contributed by atoms with van der Waals surface area (Å²) in [5.41, 5.74) is 1.84. The van der Waals surface area contributed by atoms with E-state index < -0.39 is 0 Å². The fourth-order valence-electron chi connectivity index (χ4n) is 3.35.